The highest BCUT2D eigenvalue weighted by molar-refractivity contribution is 6.24. The van der Waals surface area contributed by atoms with E-state index < -0.39 is 0 Å². The van der Waals surface area contributed by atoms with Gasteiger partial charge in [-0.15, -0.1) is 5.47 Å². The van der Waals surface area contributed by atoms with Crippen LogP contribution in [0.25, 0.3) is 6.08 Å². The van der Waals surface area contributed by atoms with Crippen molar-refractivity contribution in [2.75, 3.05) is 0 Å². The fourth-order valence-electron chi connectivity index (χ4n) is 1.48. The Kier molecular flexibility index (Phi) is 1.38. The van der Waals surface area contributed by atoms with E-state index in [-0.39, 0.29) is 0 Å². The van der Waals surface area contributed by atoms with Crippen molar-refractivity contribution in [1.29, 1.82) is 0 Å². The topological polar surface area (TPSA) is 0 Å². The smallest absolute Gasteiger partial charge is 0.108 e. The molecule has 2 rings (SSSR count). The molecule has 1 aliphatic carbocycles. The molecule has 52 valence electrons. The molecule has 0 atom stereocenters. The highest BCUT2D eigenvalue weighted by atomic mass is 14.1. The van der Waals surface area contributed by atoms with Crippen molar-refractivity contribution in [3.63, 3.8) is 0 Å². The Balaban J connectivity index is 2.54. The monoisotopic (exact) mass is 140 g/mol. The van der Waals surface area contributed by atoms with Crippen molar-refractivity contribution in [2.45, 2.75) is 13.3 Å². The Morgan fingerprint density at radius 3 is 3.00 bits per heavy atom. The molecular formula is C10H9B. The van der Waals surface area contributed by atoms with Gasteiger partial charge in [0.15, 0.2) is 0 Å². The zero-order valence-electron chi connectivity index (χ0n) is 6.59. The maximum atomic E-state index is 5.70. The predicted octanol–water partition coefficient (Wildman–Crippen LogP) is 2.06. The molecule has 0 nitrogen and oxygen atoms in total. The van der Waals surface area contributed by atoms with Gasteiger partial charge in [0.1, 0.15) is 7.85 Å². The van der Waals surface area contributed by atoms with Crippen molar-refractivity contribution in [2.24, 2.45) is 0 Å². The molecule has 0 bridgehead atoms. The molecule has 0 unspecified atom stereocenters. The quantitative estimate of drug-likeness (QED) is 0.484. The summed E-state index contributed by atoms with van der Waals surface area (Å²) in [7, 11) is 5.70. The van der Waals surface area contributed by atoms with E-state index >= 15 is 0 Å². The lowest BCUT2D eigenvalue weighted by atomic mass is 9.94. The minimum absolute atomic E-state index is 0.926. The molecule has 0 amide bonds. The summed E-state index contributed by atoms with van der Waals surface area (Å²) in [6, 6.07) is 6.46. The third-order valence-electron chi connectivity index (χ3n) is 2.04. The van der Waals surface area contributed by atoms with E-state index in [4.69, 9.17) is 7.85 Å². The van der Waals surface area contributed by atoms with Gasteiger partial charge >= 0.3 is 0 Å². The Hall–Kier alpha value is -0.975. The van der Waals surface area contributed by atoms with Crippen molar-refractivity contribution < 1.29 is 0 Å². The molecule has 1 heteroatoms. The first-order valence-corrected chi connectivity index (χ1v) is 3.81. The third kappa shape index (κ3) is 1.11. The van der Waals surface area contributed by atoms with Crippen LogP contribution in [0, 0.1) is 6.92 Å². The van der Waals surface area contributed by atoms with Crippen LogP contribution in [0.3, 0.4) is 0 Å². The Morgan fingerprint density at radius 2 is 2.18 bits per heavy atom. The molecule has 2 radical (unpaired) electrons. The average Bonchev–Trinajstić information content (AvgIpc) is 2.27. The second-order valence-corrected chi connectivity index (χ2v) is 3.10. The lowest BCUT2D eigenvalue weighted by Crippen LogP contribution is -1.83. The largest absolute Gasteiger partial charge is 0.113 e. The fourth-order valence-corrected chi connectivity index (χ4v) is 1.48. The van der Waals surface area contributed by atoms with Crippen LogP contribution in [0.2, 0.25) is 0 Å². The number of hydrogen-bond donors (Lipinski definition) is 0. The molecule has 0 saturated heterocycles. The van der Waals surface area contributed by atoms with Gasteiger partial charge < -0.3 is 0 Å². The summed E-state index contributed by atoms with van der Waals surface area (Å²) >= 11 is 0. The first-order valence-electron chi connectivity index (χ1n) is 3.81. The number of fused-ring (bicyclic) bond motifs is 1. The first-order chi connectivity index (χ1) is 5.25. The molecule has 0 saturated carbocycles. The highest BCUT2D eigenvalue weighted by Gasteiger charge is 2.07. The molecule has 0 spiro atoms. The summed E-state index contributed by atoms with van der Waals surface area (Å²) in [6.45, 7) is 2.10. The van der Waals surface area contributed by atoms with Crippen LogP contribution in [0.15, 0.2) is 23.7 Å². The Labute approximate surface area is 68.3 Å². The van der Waals surface area contributed by atoms with Gasteiger partial charge in [-0.1, -0.05) is 29.8 Å². The van der Waals surface area contributed by atoms with E-state index in [1.807, 2.05) is 0 Å². The van der Waals surface area contributed by atoms with E-state index in [1.165, 1.54) is 16.7 Å². The van der Waals surface area contributed by atoms with Crippen LogP contribution >= 0.6 is 0 Å². The zero-order chi connectivity index (χ0) is 7.84. The van der Waals surface area contributed by atoms with E-state index in [9.17, 15) is 0 Å². The molecule has 0 heterocycles. The maximum Gasteiger partial charge on any atom is 0.108 e. The molecule has 1 aromatic carbocycles. The lowest BCUT2D eigenvalue weighted by molar-refractivity contribution is 1.27. The predicted molar refractivity (Wildman–Crippen MR) is 48.6 cm³/mol. The number of allylic oxidation sites excluding steroid dienone is 1. The molecular weight excluding hydrogens is 131 g/mol. The Bertz CT molecular complexity index is 324. The highest BCUT2D eigenvalue weighted by Crippen LogP contribution is 2.23. The molecule has 0 aliphatic heterocycles. The van der Waals surface area contributed by atoms with Crippen molar-refractivity contribution in [1.82, 2.24) is 0 Å². The standard InChI is InChI=1S/C10H9B/c1-7-2-3-8-5-10(11)6-9(8)4-7/h2-4,6H,5H2,1H3. The maximum absolute atomic E-state index is 5.70. The summed E-state index contributed by atoms with van der Waals surface area (Å²) < 4.78 is 0. The van der Waals surface area contributed by atoms with Crippen LogP contribution < -0.4 is 0 Å². The van der Waals surface area contributed by atoms with Crippen molar-refractivity contribution in [3.8, 4) is 0 Å². The van der Waals surface area contributed by atoms with Crippen LogP contribution in [-0.2, 0) is 6.42 Å². The summed E-state index contributed by atoms with van der Waals surface area (Å²) in [5, 5.41) is 0. The van der Waals surface area contributed by atoms with Crippen LogP contribution in [-0.4, -0.2) is 7.85 Å². The van der Waals surface area contributed by atoms with E-state index in [0.717, 1.165) is 11.9 Å². The van der Waals surface area contributed by atoms with Crippen LogP contribution in [0.4, 0.5) is 0 Å². The summed E-state index contributed by atoms with van der Waals surface area (Å²) in [5.74, 6) is 0. The van der Waals surface area contributed by atoms with Gasteiger partial charge in [-0.3, -0.25) is 0 Å². The first kappa shape index (κ1) is 6.72. The number of benzene rings is 1. The number of hydrogen-bond acceptors (Lipinski definition) is 0. The second kappa shape index (κ2) is 2.26. The summed E-state index contributed by atoms with van der Waals surface area (Å²) in [4.78, 5) is 0. The van der Waals surface area contributed by atoms with Gasteiger partial charge in [-0.25, -0.2) is 0 Å². The van der Waals surface area contributed by atoms with E-state index in [2.05, 4.69) is 31.2 Å². The van der Waals surface area contributed by atoms with E-state index in [1.54, 1.807) is 0 Å². The molecule has 1 aromatic rings. The van der Waals surface area contributed by atoms with Gasteiger partial charge in [0.05, 0.1) is 0 Å². The minimum Gasteiger partial charge on any atom is -0.113 e. The summed E-state index contributed by atoms with van der Waals surface area (Å²) in [6.07, 6.45) is 2.98. The van der Waals surface area contributed by atoms with Gasteiger partial charge in [-0.05, 0) is 24.5 Å². The average molecular weight is 140 g/mol. The molecule has 11 heavy (non-hydrogen) atoms. The van der Waals surface area contributed by atoms with Gasteiger partial charge in [0.2, 0.25) is 0 Å². The molecule has 0 aromatic heterocycles. The minimum atomic E-state index is 0.926. The lowest BCUT2D eigenvalue weighted by Gasteiger charge is -1.98. The third-order valence-corrected chi connectivity index (χ3v) is 2.04. The number of rotatable bonds is 0. The molecule has 0 N–H and O–H groups in total. The Morgan fingerprint density at radius 1 is 1.36 bits per heavy atom. The number of aryl methyl sites for hydroxylation is 1. The molecule has 1 aliphatic rings. The van der Waals surface area contributed by atoms with Gasteiger partial charge in [0.25, 0.3) is 0 Å². The second-order valence-electron chi connectivity index (χ2n) is 3.10. The zero-order valence-corrected chi connectivity index (χ0v) is 6.59. The van der Waals surface area contributed by atoms with E-state index in [0.29, 0.717) is 0 Å². The van der Waals surface area contributed by atoms with Crippen LogP contribution in [0.5, 0.6) is 0 Å². The van der Waals surface area contributed by atoms with Gasteiger partial charge in [-0.2, -0.15) is 0 Å². The van der Waals surface area contributed by atoms with Crippen LogP contribution in [0.1, 0.15) is 16.7 Å². The summed E-state index contributed by atoms with van der Waals surface area (Å²) in [5.41, 5.74) is 4.93. The van der Waals surface area contributed by atoms with Crippen molar-refractivity contribution in [3.05, 3.63) is 40.4 Å². The molecule has 0 fully saturated rings. The van der Waals surface area contributed by atoms with Crippen molar-refractivity contribution >= 4 is 13.9 Å². The normalized spacial score (nSPS) is 14.5. The fraction of sp³-hybridized carbons (Fsp3) is 0.200. The SMILES string of the molecule is [B]C1=Cc2cc(C)ccc2C1. The van der Waals surface area contributed by atoms with Gasteiger partial charge in [0, 0.05) is 0 Å².